The Morgan fingerprint density at radius 3 is 2.22 bits per heavy atom. The molecule has 0 aliphatic carbocycles. The Kier molecular flexibility index (Phi) is 7.59. The highest BCUT2D eigenvalue weighted by Crippen LogP contribution is 2.30. The molecule has 0 bridgehead atoms. The van der Waals surface area contributed by atoms with Gasteiger partial charge in [0, 0.05) is 50.7 Å². The summed E-state index contributed by atoms with van der Waals surface area (Å²) >= 11 is 0. The maximum atomic E-state index is 13.0. The fourth-order valence-corrected chi connectivity index (χ4v) is 5.60. The Balaban J connectivity index is 1.53. The Morgan fingerprint density at radius 2 is 1.59 bits per heavy atom. The van der Waals surface area contributed by atoms with Crippen LogP contribution < -0.4 is 0 Å². The van der Waals surface area contributed by atoms with Crippen molar-refractivity contribution in [3.63, 3.8) is 0 Å². The molecule has 1 aliphatic rings. The molecule has 1 saturated heterocycles. The van der Waals surface area contributed by atoms with E-state index in [1.807, 2.05) is 39.8 Å². The summed E-state index contributed by atoms with van der Waals surface area (Å²) in [4.78, 5) is 19.7. The molecule has 0 atom stereocenters. The van der Waals surface area contributed by atoms with Gasteiger partial charge in [-0.25, -0.2) is 13.4 Å². The van der Waals surface area contributed by atoms with E-state index in [0.717, 1.165) is 28.0 Å². The summed E-state index contributed by atoms with van der Waals surface area (Å²) in [6.45, 7) is 1.04. The SMILES string of the molecule is CS(=O)(=O)c1ccc(-c2nc3ccc(-c4ccc(C#N)cc4)cn3c2CN2CCCN(C(=O)C(F)(F)F)CC2)cc1. The molecule has 3 heterocycles. The molecular weight excluding hydrogens is 555 g/mol. The summed E-state index contributed by atoms with van der Waals surface area (Å²) in [6.07, 6.45) is -1.47. The molecule has 0 N–H and O–H groups in total. The van der Waals surface area contributed by atoms with E-state index in [0.29, 0.717) is 42.0 Å². The van der Waals surface area contributed by atoms with Gasteiger partial charge < -0.3 is 9.30 Å². The van der Waals surface area contributed by atoms with Crippen LogP contribution in [0.1, 0.15) is 17.7 Å². The van der Waals surface area contributed by atoms with Crippen LogP contribution in [-0.4, -0.2) is 72.1 Å². The number of imidazole rings is 1. The molecule has 1 fully saturated rings. The standard InChI is InChI=1S/C29H26F3N5O3S/c1-41(39,40)24-10-7-22(8-11-24)27-25(19-35-13-2-14-36(16-15-35)28(38)29(30,31)32)37-18-23(9-12-26(37)34-27)21-5-3-20(17-33)4-6-21/h3-12,18H,2,13-16,19H2,1H3. The second-order valence-electron chi connectivity index (χ2n) is 9.96. The summed E-state index contributed by atoms with van der Waals surface area (Å²) in [5.41, 5.74) is 5.03. The van der Waals surface area contributed by atoms with E-state index < -0.39 is 21.9 Å². The molecular formula is C29H26F3N5O3S. The highest BCUT2D eigenvalue weighted by molar-refractivity contribution is 7.90. The molecule has 2 aromatic carbocycles. The lowest BCUT2D eigenvalue weighted by Gasteiger charge is -2.23. The van der Waals surface area contributed by atoms with Crippen LogP contribution in [0.2, 0.25) is 0 Å². The molecule has 0 radical (unpaired) electrons. The van der Waals surface area contributed by atoms with Gasteiger partial charge in [-0.05, 0) is 53.9 Å². The number of aromatic nitrogens is 2. The van der Waals surface area contributed by atoms with E-state index in [9.17, 15) is 26.4 Å². The smallest absolute Gasteiger partial charge is 0.334 e. The third-order valence-corrected chi connectivity index (χ3v) is 8.24. The number of alkyl halides is 3. The van der Waals surface area contributed by atoms with Crippen molar-refractivity contribution in [2.75, 3.05) is 32.4 Å². The number of nitrogens with zero attached hydrogens (tertiary/aromatic N) is 5. The molecule has 12 heteroatoms. The minimum absolute atomic E-state index is 0.0185. The second-order valence-corrected chi connectivity index (χ2v) is 12.0. The highest BCUT2D eigenvalue weighted by Gasteiger charge is 2.42. The first-order valence-electron chi connectivity index (χ1n) is 12.8. The molecule has 2 aromatic heterocycles. The van der Waals surface area contributed by atoms with Crippen LogP contribution in [0.25, 0.3) is 28.0 Å². The molecule has 212 valence electrons. The van der Waals surface area contributed by atoms with Crippen molar-refractivity contribution in [2.45, 2.75) is 24.0 Å². The van der Waals surface area contributed by atoms with E-state index in [-0.39, 0.29) is 24.5 Å². The fourth-order valence-electron chi connectivity index (χ4n) is 4.97. The van der Waals surface area contributed by atoms with Gasteiger partial charge >= 0.3 is 12.1 Å². The summed E-state index contributed by atoms with van der Waals surface area (Å²) in [5.74, 6) is -1.83. The van der Waals surface area contributed by atoms with Crippen LogP contribution in [0.3, 0.4) is 0 Å². The molecule has 5 rings (SSSR count). The van der Waals surface area contributed by atoms with Crippen LogP contribution >= 0.6 is 0 Å². The topological polar surface area (TPSA) is 98.8 Å². The Morgan fingerprint density at radius 1 is 0.927 bits per heavy atom. The number of rotatable bonds is 5. The number of amides is 1. The first-order chi connectivity index (χ1) is 19.4. The maximum absolute atomic E-state index is 13.0. The average molecular weight is 582 g/mol. The van der Waals surface area contributed by atoms with Gasteiger partial charge in [0.1, 0.15) is 5.65 Å². The number of carbonyl (C=O) groups excluding carboxylic acids is 1. The van der Waals surface area contributed by atoms with Crippen molar-refractivity contribution in [1.29, 1.82) is 5.26 Å². The van der Waals surface area contributed by atoms with Crippen molar-refractivity contribution >= 4 is 21.4 Å². The molecule has 0 spiro atoms. The minimum atomic E-state index is -4.91. The first-order valence-corrected chi connectivity index (χ1v) is 14.7. The lowest BCUT2D eigenvalue weighted by Crippen LogP contribution is -2.43. The van der Waals surface area contributed by atoms with E-state index in [1.165, 1.54) is 12.1 Å². The zero-order chi connectivity index (χ0) is 29.4. The van der Waals surface area contributed by atoms with Gasteiger partial charge in [0.2, 0.25) is 0 Å². The number of nitriles is 1. The van der Waals surface area contributed by atoms with E-state index in [2.05, 4.69) is 6.07 Å². The first kappa shape index (κ1) is 28.3. The zero-order valence-electron chi connectivity index (χ0n) is 22.1. The quantitative estimate of drug-likeness (QED) is 0.343. The lowest BCUT2D eigenvalue weighted by atomic mass is 10.1. The minimum Gasteiger partial charge on any atom is -0.334 e. The van der Waals surface area contributed by atoms with Crippen molar-refractivity contribution < 1.29 is 26.4 Å². The average Bonchev–Trinajstić information content (AvgIpc) is 3.13. The van der Waals surface area contributed by atoms with Crippen LogP contribution in [0.15, 0.2) is 71.8 Å². The number of carbonyl (C=O) groups is 1. The van der Waals surface area contributed by atoms with E-state index >= 15 is 0 Å². The normalized spacial score (nSPS) is 15.0. The Labute approximate surface area is 235 Å². The zero-order valence-corrected chi connectivity index (χ0v) is 22.9. The van der Waals surface area contributed by atoms with Crippen molar-refractivity contribution in [3.8, 4) is 28.5 Å². The van der Waals surface area contributed by atoms with Gasteiger partial charge in [-0.1, -0.05) is 24.3 Å². The molecule has 4 aromatic rings. The maximum Gasteiger partial charge on any atom is 0.471 e. The molecule has 8 nitrogen and oxygen atoms in total. The number of pyridine rings is 1. The molecule has 1 amide bonds. The number of benzene rings is 2. The van der Waals surface area contributed by atoms with Crippen LogP contribution in [0.5, 0.6) is 0 Å². The molecule has 1 aliphatic heterocycles. The predicted molar refractivity (Wildman–Crippen MR) is 146 cm³/mol. The number of hydrogen-bond acceptors (Lipinski definition) is 6. The monoisotopic (exact) mass is 581 g/mol. The summed E-state index contributed by atoms with van der Waals surface area (Å²) in [5, 5.41) is 9.13. The van der Waals surface area contributed by atoms with Crippen molar-refractivity contribution in [1.82, 2.24) is 19.2 Å². The second kappa shape index (κ2) is 11.0. The van der Waals surface area contributed by atoms with E-state index in [1.54, 1.807) is 24.3 Å². The van der Waals surface area contributed by atoms with Gasteiger partial charge in [-0.3, -0.25) is 9.69 Å². The van der Waals surface area contributed by atoms with Gasteiger partial charge in [0.15, 0.2) is 9.84 Å². The lowest BCUT2D eigenvalue weighted by molar-refractivity contribution is -0.185. The largest absolute Gasteiger partial charge is 0.471 e. The molecule has 0 unspecified atom stereocenters. The molecule has 41 heavy (non-hydrogen) atoms. The fraction of sp³-hybridized carbons (Fsp3) is 0.276. The highest BCUT2D eigenvalue weighted by atomic mass is 32.2. The van der Waals surface area contributed by atoms with Crippen LogP contribution in [0.4, 0.5) is 13.2 Å². The number of hydrogen-bond donors (Lipinski definition) is 0. The third-order valence-electron chi connectivity index (χ3n) is 7.11. The van der Waals surface area contributed by atoms with Gasteiger partial charge in [-0.15, -0.1) is 0 Å². The van der Waals surface area contributed by atoms with Crippen LogP contribution in [-0.2, 0) is 21.2 Å². The summed E-state index contributed by atoms with van der Waals surface area (Å²) in [6, 6.07) is 19.5. The van der Waals surface area contributed by atoms with E-state index in [4.69, 9.17) is 10.2 Å². The number of fused-ring (bicyclic) bond motifs is 1. The number of halogens is 3. The van der Waals surface area contributed by atoms with Gasteiger partial charge in [0.25, 0.3) is 0 Å². The Hall–Kier alpha value is -4.21. The summed E-state index contributed by atoms with van der Waals surface area (Å²) < 4.78 is 65.0. The van der Waals surface area contributed by atoms with Crippen molar-refractivity contribution in [2.24, 2.45) is 0 Å². The molecule has 0 saturated carbocycles. The van der Waals surface area contributed by atoms with Crippen molar-refractivity contribution in [3.05, 3.63) is 78.1 Å². The summed E-state index contributed by atoms with van der Waals surface area (Å²) in [7, 11) is -3.39. The number of sulfone groups is 1. The third kappa shape index (κ3) is 6.11. The van der Waals surface area contributed by atoms with Gasteiger partial charge in [0.05, 0.1) is 27.9 Å². The van der Waals surface area contributed by atoms with Gasteiger partial charge in [-0.2, -0.15) is 18.4 Å². The predicted octanol–water partition coefficient (Wildman–Crippen LogP) is 4.54. The Bertz CT molecular complexity index is 1740. The van der Waals surface area contributed by atoms with Crippen LogP contribution in [0, 0.1) is 11.3 Å².